The van der Waals surface area contributed by atoms with E-state index in [9.17, 15) is 13.2 Å². The third-order valence-corrected chi connectivity index (χ3v) is 4.39. The van der Waals surface area contributed by atoms with E-state index in [1.807, 2.05) is 32.9 Å². The van der Waals surface area contributed by atoms with Crippen LogP contribution >= 0.6 is 0 Å². The lowest BCUT2D eigenvalue weighted by atomic mass is 10.2. The fraction of sp³-hybridized carbons (Fsp3) is 0.562. The van der Waals surface area contributed by atoms with Gasteiger partial charge in [-0.3, -0.25) is 9.10 Å². The lowest BCUT2D eigenvalue weighted by Gasteiger charge is -2.22. The van der Waals surface area contributed by atoms with Gasteiger partial charge in [-0.25, -0.2) is 8.42 Å². The Morgan fingerprint density at radius 2 is 1.82 bits per heavy atom. The van der Waals surface area contributed by atoms with Crippen molar-refractivity contribution in [2.24, 2.45) is 5.92 Å². The largest absolute Gasteiger partial charge is 0.356 e. The second-order valence-corrected chi connectivity index (χ2v) is 7.88. The van der Waals surface area contributed by atoms with Crippen molar-refractivity contribution in [2.75, 3.05) is 23.7 Å². The quantitative estimate of drug-likeness (QED) is 0.797. The van der Waals surface area contributed by atoms with E-state index in [4.69, 9.17) is 0 Å². The van der Waals surface area contributed by atoms with Gasteiger partial charge in [0.25, 0.3) is 0 Å². The van der Waals surface area contributed by atoms with E-state index in [-0.39, 0.29) is 5.91 Å². The van der Waals surface area contributed by atoms with Gasteiger partial charge in [0.1, 0.15) is 0 Å². The molecule has 1 N–H and O–H groups in total. The first-order valence-corrected chi connectivity index (χ1v) is 9.36. The number of aryl methyl sites for hydroxylation is 1. The molecule has 22 heavy (non-hydrogen) atoms. The summed E-state index contributed by atoms with van der Waals surface area (Å²) in [5.74, 6) is 0.370. The van der Waals surface area contributed by atoms with Gasteiger partial charge in [-0.2, -0.15) is 0 Å². The number of carbonyl (C=O) groups excluding carboxylic acids is 1. The van der Waals surface area contributed by atoms with Gasteiger partial charge in [0, 0.05) is 19.5 Å². The number of nitrogens with zero attached hydrogens (tertiary/aromatic N) is 1. The molecule has 5 nitrogen and oxygen atoms in total. The van der Waals surface area contributed by atoms with Crippen LogP contribution in [0.15, 0.2) is 24.3 Å². The first kappa shape index (κ1) is 18.5. The fourth-order valence-electron chi connectivity index (χ4n) is 1.99. The van der Waals surface area contributed by atoms with E-state index in [0.717, 1.165) is 5.56 Å². The van der Waals surface area contributed by atoms with E-state index >= 15 is 0 Å². The van der Waals surface area contributed by atoms with Crippen LogP contribution in [0.1, 0.15) is 32.3 Å². The van der Waals surface area contributed by atoms with Crippen molar-refractivity contribution < 1.29 is 13.2 Å². The van der Waals surface area contributed by atoms with Gasteiger partial charge in [0.15, 0.2) is 0 Å². The summed E-state index contributed by atoms with van der Waals surface area (Å²) in [6.07, 6.45) is 2.00. The average Bonchev–Trinajstić information content (AvgIpc) is 2.41. The van der Waals surface area contributed by atoms with Gasteiger partial charge in [0.2, 0.25) is 15.9 Å². The number of rotatable bonds is 8. The van der Waals surface area contributed by atoms with Crippen molar-refractivity contribution >= 4 is 21.6 Å². The van der Waals surface area contributed by atoms with Crippen molar-refractivity contribution in [3.63, 3.8) is 0 Å². The number of amides is 1. The van der Waals surface area contributed by atoms with Crippen LogP contribution < -0.4 is 9.62 Å². The molecule has 1 aromatic rings. The highest BCUT2D eigenvalue weighted by Gasteiger charge is 2.17. The van der Waals surface area contributed by atoms with Crippen LogP contribution in [0.5, 0.6) is 0 Å². The molecular formula is C16H26N2O3S. The molecule has 0 heterocycles. The number of hydrogen-bond donors (Lipinski definition) is 1. The summed E-state index contributed by atoms with van der Waals surface area (Å²) in [5, 5.41) is 2.83. The summed E-state index contributed by atoms with van der Waals surface area (Å²) in [6.45, 7) is 6.96. The molecule has 1 rings (SSSR count). The van der Waals surface area contributed by atoms with E-state index < -0.39 is 10.0 Å². The van der Waals surface area contributed by atoms with Gasteiger partial charge in [-0.05, 0) is 31.4 Å². The van der Waals surface area contributed by atoms with Gasteiger partial charge >= 0.3 is 0 Å². The molecule has 0 spiro atoms. The second kappa shape index (κ2) is 8.17. The molecule has 0 bridgehead atoms. The summed E-state index contributed by atoms with van der Waals surface area (Å²) in [4.78, 5) is 11.7. The SMILES string of the molecule is Cc1ccc(N(CCCC(=O)NCC(C)C)S(C)(=O)=O)cc1. The summed E-state index contributed by atoms with van der Waals surface area (Å²) in [5.41, 5.74) is 1.71. The Balaban J connectivity index is 2.61. The van der Waals surface area contributed by atoms with Crippen LogP contribution in [0.2, 0.25) is 0 Å². The van der Waals surface area contributed by atoms with Crippen LogP contribution in [-0.2, 0) is 14.8 Å². The standard InChI is InChI=1S/C16H26N2O3S/c1-13(2)12-17-16(19)6-5-11-18(22(4,20)21)15-9-7-14(3)8-10-15/h7-10,13H,5-6,11-12H2,1-4H3,(H,17,19). The van der Waals surface area contributed by atoms with Crippen LogP contribution in [0.25, 0.3) is 0 Å². The number of carbonyl (C=O) groups is 1. The maximum absolute atomic E-state index is 11.9. The zero-order valence-electron chi connectivity index (χ0n) is 13.8. The minimum absolute atomic E-state index is 0.0361. The fourth-order valence-corrected chi connectivity index (χ4v) is 2.95. The molecule has 0 radical (unpaired) electrons. The first-order chi connectivity index (χ1) is 10.2. The number of nitrogens with one attached hydrogen (secondary N) is 1. The molecule has 0 fully saturated rings. The smallest absolute Gasteiger partial charge is 0.232 e. The monoisotopic (exact) mass is 326 g/mol. The lowest BCUT2D eigenvalue weighted by molar-refractivity contribution is -0.121. The Labute approximate surface area is 133 Å². The summed E-state index contributed by atoms with van der Waals surface area (Å²) in [6, 6.07) is 7.33. The Morgan fingerprint density at radius 1 is 1.23 bits per heavy atom. The maximum atomic E-state index is 11.9. The molecule has 0 aromatic heterocycles. The van der Waals surface area contributed by atoms with Crippen LogP contribution in [-0.4, -0.2) is 33.7 Å². The molecule has 0 aliphatic heterocycles. The van der Waals surface area contributed by atoms with Crippen molar-refractivity contribution in [3.05, 3.63) is 29.8 Å². The Bertz CT molecular complexity index is 580. The Morgan fingerprint density at radius 3 is 2.32 bits per heavy atom. The number of sulfonamides is 1. The van der Waals surface area contributed by atoms with Crippen molar-refractivity contribution in [2.45, 2.75) is 33.6 Å². The number of hydrogen-bond acceptors (Lipinski definition) is 3. The third kappa shape index (κ3) is 6.47. The van der Waals surface area contributed by atoms with Crippen LogP contribution in [0.3, 0.4) is 0 Å². The highest BCUT2D eigenvalue weighted by molar-refractivity contribution is 7.92. The summed E-state index contributed by atoms with van der Waals surface area (Å²) >= 11 is 0. The molecule has 0 aliphatic rings. The third-order valence-electron chi connectivity index (χ3n) is 3.19. The topological polar surface area (TPSA) is 66.5 Å². The lowest BCUT2D eigenvalue weighted by Crippen LogP contribution is -2.32. The molecule has 0 aliphatic carbocycles. The molecular weight excluding hydrogens is 300 g/mol. The normalized spacial score (nSPS) is 11.5. The van der Waals surface area contributed by atoms with Gasteiger partial charge < -0.3 is 5.32 Å². The predicted octanol–water partition coefficient (Wildman–Crippen LogP) is 2.31. The summed E-state index contributed by atoms with van der Waals surface area (Å²) in [7, 11) is -3.35. The Hall–Kier alpha value is -1.56. The first-order valence-electron chi connectivity index (χ1n) is 7.51. The van der Waals surface area contributed by atoms with E-state index in [1.165, 1.54) is 10.6 Å². The summed E-state index contributed by atoms with van der Waals surface area (Å²) < 4.78 is 25.2. The van der Waals surface area contributed by atoms with Gasteiger partial charge in [-0.15, -0.1) is 0 Å². The minimum Gasteiger partial charge on any atom is -0.356 e. The molecule has 0 atom stereocenters. The zero-order chi connectivity index (χ0) is 16.8. The van der Waals surface area contributed by atoms with E-state index in [2.05, 4.69) is 5.32 Å². The predicted molar refractivity (Wildman–Crippen MR) is 90.5 cm³/mol. The number of benzene rings is 1. The Kier molecular flexibility index (Phi) is 6.87. The minimum atomic E-state index is -3.35. The average molecular weight is 326 g/mol. The van der Waals surface area contributed by atoms with E-state index in [1.54, 1.807) is 12.1 Å². The molecule has 0 saturated carbocycles. The molecule has 1 amide bonds. The molecule has 6 heteroatoms. The van der Waals surface area contributed by atoms with Crippen molar-refractivity contribution in [1.29, 1.82) is 0 Å². The molecule has 124 valence electrons. The van der Waals surface area contributed by atoms with Crippen molar-refractivity contribution in [1.82, 2.24) is 5.32 Å². The molecule has 0 saturated heterocycles. The highest BCUT2D eigenvalue weighted by atomic mass is 32.2. The van der Waals surface area contributed by atoms with Crippen molar-refractivity contribution in [3.8, 4) is 0 Å². The maximum Gasteiger partial charge on any atom is 0.232 e. The number of anilines is 1. The van der Waals surface area contributed by atoms with Crippen LogP contribution in [0.4, 0.5) is 5.69 Å². The highest BCUT2D eigenvalue weighted by Crippen LogP contribution is 2.18. The van der Waals surface area contributed by atoms with E-state index in [0.29, 0.717) is 37.5 Å². The second-order valence-electron chi connectivity index (χ2n) is 5.97. The molecule has 1 aromatic carbocycles. The van der Waals surface area contributed by atoms with Crippen LogP contribution in [0, 0.1) is 12.8 Å². The molecule has 0 unspecified atom stereocenters. The van der Waals surface area contributed by atoms with Gasteiger partial charge in [-0.1, -0.05) is 31.5 Å². The zero-order valence-corrected chi connectivity index (χ0v) is 14.6. The van der Waals surface area contributed by atoms with Gasteiger partial charge in [0.05, 0.1) is 11.9 Å².